The van der Waals surface area contributed by atoms with Crippen LogP contribution in [0.4, 0.5) is 17.6 Å². The summed E-state index contributed by atoms with van der Waals surface area (Å²) < 4.78 is 51.2. The zero-order valence-corrected chi connectivity index (χ0v) is 14.6. The molecule has 2 aromatic heterocycles. The number of ketones is 1. The maximum absolute atomic E-state index is 13.2. The minimum atomic E-state index is -4.55. The Kier molecular flexibility index (Phi) is 5.70. The van der Waals surface area contributed by atoms with E-state index in [2.05, 4.69) is 15.3 Å². The molecule has 0 amide bonds. The van der Waals surface area contributed by atoms with Crippen molar-refractivity contribution in [1.82, 2.24) is 15.3 Å². The number of hydrogen-bond acceptors (Lipinski definition) is 5. The van der Waals surface area contributed by atoms with Crippen molar-refractivity contribution in [3.05, 3.63) is 47.5 Å². The molecule has 1 saturated heterocycles. The van der Waals surface area contributed by atoms with Crippen molar-refractivity contribution in [3.8, 4) is 17.2 Å². The summed E-state index contributed by atoms with van der Waals surface area (Å²) in [6.45, 7) is 0.163. The number of Topliss-reactive ketones (excluding diaryl/α,β-unsaturated/α-hetero) is 1. The molecule has 3 heterocycles. The number of aromatic nitrogens is 2. The van der Waals surface area contributed by atoms with Crippen molar-refractivity contribution in [3.63, 3.8) is 0 Å². The molecule has 2 aromatic rings. The number of alkyl halides is 4. The standard InChI is InChI=1S/C19H16F4N4O/c20-13-5-16(26-10-13)17(28)3-2-14-6-15(12(7-24)9-25-14)11-1-4-18(27-8-11)19(21,22)23/h1,4,6,8-9,13,16,26H,2-3,5,10H2/t13-,16?/m1/s1. The molecule has 1 aliphatic heterocycles. The van der Waals surface area contributed by atoms with Gasteiger partial charge in [0.15, 0.2) is 0 Å². The maximum atomic E-state index is 13.2. The summed E-state index contributed by atoms with van der Waals surface area (Å²) in [7, 11) is 0. The molecule has 0 spiro atoms. The van der Waals surface area contributed by atoms with Crippen molar-refractivity contribution < 1.29 is 22.4 Å². The highest BCUT2D eigenvalue weighted by atomic mass is 19.4. The van der Waals surface area contributed by atoms with Gasteiger partial charge in [0.25, 0.3) is 0 Å². The third-order valence-corrected chi connectivity index (χ3v) is 4.54. The van der Waals surface area contributed by atoms with Crippen LogP contribution in [0, 0.1) is 11.3 Å². The molecule has 1 unspecified atom stereocenters. The Morgan fingerprint density at radius 3 is 2.64 bits per heavy atom. The number of carbonyl (C=O) groups excluding carboxylic acids is 1. The lowest BCUT2D eigenvalue weighted by atomic mass is 9.99. The molecule has 0 saturated carbocycles. The average Bonchev–Trinajstić information content (AvgIpc) is 3.12. The fourth-order valence-corrected chi connectivity index (χ4v) is 3.05. The van der Waals surface area contributed by atoms with Crippen LogP contribution in [-0.4, -0.2) is 34.5 Å². The molecule has 28 heavy (non-hydrogen) atoms. The molecule has 0 bridgehead atoms. The Hall–Kier alpha value is -2.86. The van der Waals surface area contributed by atoms with E-state index in [0.29, 0.717) is 16.8 Å². The van der Waals surface area contributed by atoms with Crippen LogP contribution < -0.4 is 5.32 Å². The lowest BCUT2D eigenvalue weighted by Crippen LogP contribution is -2.30. The van der Waals surface area contributed by atoms with E-state index in [1.165, 1.54) is 12.3 Å². The maximum Gasteiger partial charge on any atom is 0.433 e. The Labute approximate surface area is 158 Å². The molecule has 2 atom stereocenters. The number of nitrogens with one attached hydrogen (secondary N) is 1. The van der Waals surface area contributed by atoms with Gasteiger partial charge in [0.05, 0.1) is 11.6 Å². The van der Waals surface area contributed by atoms with Crippen LogP contribution in [0.3, 0.4) is 0 Å². The Bertz CT molecular complexity index is 906. The molecule has 9 heteroatoms. The van der Waals surface area contributed by atoms with E-state index in [-0.39, 0.29) is 37.2 Å². The lowest BCUT2D eigenvalue weighted by molar-refractivity contribution is -0.141. The zero-order chi connectivity index (χ0) is 20.3. The first kappa shape index (κ1) is 19.9. The van der Waals surface area contributed by atoms with E-state index in [0.717, 1.165) is 12.3 Å². The molecule has 5 nitrogen and oxygen atoms in total. The van der Waals surface area contributed by atoms with Crippen LogP contribution in [-0.2, 0) is 17.4 Å². The minimum Gasteiger partial charge on any atom is -0.304 e. The van der Waals surface area contributed by atoms with Crippen LogP contribution in [0.15, 0.2) is 30.6 Å². The third kappa shape index (κ3) is 4.51. The summed E-state index contributed by atoms with van der Waals surface area (Å²) in [6.07, 6.45) is -2.62. The minimum absolute atomic E-state index is 0.121. The highest BCUT2D eigenvalue weighted by molar-refractivity contribution is 5.84. The largest absolute Gasteiger partial charge is 0.433 e. The van der Waals surface area contributed by atoms with Crippen molar-refractivity contribution in [1.29, 1.82) is 5.26 Å². The Balaban J connectivity index is 1.77. The molecule has 146 valence electrons. The second-order valence-electron chi connectivity index (χ2n) is 6.52. The summed E-state index contributed by atoms with van der Waals surface area (Å²) in [4.78, 5) is 19.7. The van der Waals surface area contributed by atoms with Gasteiger partial charge in [-0.05, 0) is 18.6 Å². The first-order valence-electron chi connectivity index (χ1n) is 8.60. The summed E-state index contributed by atoms with van der Waals surface area (Å²) in [5.74, 6) is -0.121. The predicted octanol–water partition coefficient (Wildman–Crippen LogP) is 3.24. The lowest BCUT2D eigenvalue weighted by Gasteiger charge is -2.10. The number of aryl methyl sites for hydroxylation is 1. The fraction of sp³-hybridized carbons (Fsp3) is 0.368. The van der Waals surface area contributed by atoms with Gasteiger partial charge >= 0.3 is 6.18 Å². The molecular weight excluding hydrogens is 376 g/mol. The van der Waals surface area contributed by atoms with E-state index in [9.17, 15) is 27.6 Å². The van der Waals surface area contributed by atoms with Crippen molar-refractivity contribution in [2.24, 2.45) is 0 Å². The number of nitriles is 1. The number of pyridine rings is 2. The van der Waals surface area contributed by atoms with Crippen molar-refractivity contribution in [2.45, 2.75) is 37.7 Å². The van der Waals surface area contributed by atoms with Gasteiger partial charge in [0, 0.05) is 48.6 Å². The number of rotatable bonds is 5. The van der Waals surface area contributed by atoms with Crippen LogP contribution >= 0.6 is 0 Å². The smallest absolute Gasteiger partial charge is 0.304 e. The molecule has 3 rings (SSSR count). The predicted molar refractivity (Wildman–Crippen MR) is 91.8 cm³/mol. The number of carbonyl (C=O) groups is 1. The summed E-state index contributed by atoms with van der Waals surface area (Å²) in [5, 5.41) is 12.1. The van der Waals surface area contributed by atoms with E-state index in [4.69, 9.17) is 0 Å². The number of halogens is 4. The normalized spacial score (nSPS) is 19.4. The summed E-state index contributed by atoms with van der Waals surface area (Å²) in [6, 6.07) is 5.10. The van der Waals surface area contributed by atoms with Crippen molar-refractivity contribution >= 4 is 5.78 Å². The van der Waals surface area contributed by atoms with Crippen molar-refractivity contribution in [2.75, 3.05) is 6.54 Å². The van der Waals surface area contributed by atoms with E-state index >= 15 is 0 Å². The van der Waals surface area contributed by atoms with Crippen LogP contribution in [0.2, 0.25) is 0 Å². The SMILES string of the molecule is N#Cc1cnc(CCC(=O)C2C[C@@H](F)CN2)cc1-c1ccc(C(F)(F)F)nc1. The van der Waals surface area contributed by atoms with Crippen LogP contribution in [0.5, 0.6) is 0 Å². The topological polar surface area (TPSA) is 78.7 Å². The van der Waals surface area contributed by atoms with Gasteiger partial charge in [-0.15, -0.1) is 0 Å². The summed E-state index contributed by atoms with van der Waals surface area (Å²) in [5.41, 5.74) is 0.414. The number of nitrogens with zero attached hydrogens (tertiary/aromatic N) is 3. The quantitative estimate of drug-likeness (QED) is 0.791. The molecule has 1 aliphatic rings. The van der Waals surface area contributed by atoms with Gasteiger partial charge in [0.1, 0.15) is 23.7 Å². The second kappa shape index (κ2) is 8.02. The van der Waals surface area contributed by atoms with Crippen LogP contribution in [0.1, 0.15) is 29.8 Å². The van der Waals surface area contributed by atoms with Gasteiger partial charge in [0.2, 0.25) is 0 Å². The molecular formula is C19H16F4N4O. The Morgan fingerprint density at radius 2 is 2.07 bits per heavy atom. The summed E-state index contributed by atoms with van der Waals surface area (Å²) >= 11 is 0. The van der Waals surface area contributed by atoms with Crippen LogP contribution in [0.25, 0.3) is 11.1 Å². The van der Waals surface area contributed by atoms with E-state index in [1.807, 2.05) is 6.07 Å². The molecule has 1 N–H and O–H groups in total. The average molecular weight is 392 g/mol. The molecule has 1 fully saturated rings. The molecule has 0 aromatic carbocycles. The highest BCUT2D eigenvalue weighted by Crippen LogP contribution is 2.30. The number of hydrogen-bond donors (Lipinski definition) is 1. The van der Waals surface area contributed by atoms with Gasteiger partial charge in [-0.1, -0.05) is 6.07 Å². The Morgan fingerprint density at radius 1 is 1.29 bits per heavy atom. The first-order valence-corrected chi connectivity index (χ1v) is 8.60. The molecule has 0 aliphatic carbocycles. The van der Waals surface area contributed by atoms with Gasteiger partial charge in [-0.3, -0.25) is 14.8 Å². The van der Waals surface area contributed by atoms with E-state index < -0.39 is 24.1 Å². The fourth-order valence-electron chi connectivity index (χ4n) is 3.05. The molecule has 0 radical (unpaired) electrons. The zero-order valence-electron chi connectivity index (χ0n) is 14.6. The first-order chi connectivity index (χ1) is 13.3. The highest BCUT2D eigenvalue weighted by Gasteiger charge is 2.32. The van der Waals surface area contributed by atoms with Gasteiger partial charge < -0.3 is 5.32 Å². The van der Waals surface area contributed by atoms with Gasteiger partial charge in [-0.2, -0.15) is 18.4 Å². The second-order valence-corrected chi connectivity index (χ2v) is 6.52. The van der Waals surface area contributed by atoms with Gasteiger partial charge in [-0.25, -0.2) is 4.39 Å². The monoisotopic (exact) mass is 392 g/mol. The third-order valence-electron chi connectivity index (χ3n) is 4.54. The van der Waals surface area contributed by atoms with E-state index in [1.54, 1.807) is 6.07 Å².